The third-order valence-corrected chi connectivity index (χ3v) is 10.5. The lowest BCUT2D eigenvalue weighted by Gasteiger charge is -2.26. The lowest BCUT2D eigenvalue weighted by atomic mass is 9.97. The summed E-state index contributed by atoms with van der Waals surface area (Å²) < 4.78 is 6.36. The lowest BCUT2D eigenvalue weighted by Crippen LogP contribution is -2.09. The fraction of sp³-hybridized carbons (Fsp3) is 0. The van der Waals surface area contributed by atoms with E-state index in [1.54, 1.807) is 0 Å². The van der Waals surface area contributed by atoms with Gasteiger partial charge in [-0.05, 0) is 110 Å². The van der Waals surface area contributed by atoms with E-state index >= 15 is 0 Å². The van der Waals surface area contributed by atoms with Crippen molar-refractivity contribution >= 4 is 49.8 Å². The molecular formula is C52H35NO. The van der Waals surface area contributed by atoms with E-state index in [0.717, 1.165) is 39.0 Å². The van der Waals surface area contributed by atoms with Crippen molar-refractivity contribution in [2.75, 3.05) is 4.90 Å². The van der Waals surface area contributed by atoms with Crippen LogP contribution in [0.2, 0.25) is 0 Å². The predicted octanol–water partition coefficient (Wildman–Crippen LogP) is 14.9. The molecule has 0 bridgehead atoms. The van der Waals surface area contributed by atoms with Gasteiger partial charge in [0, 0.05) is 33.9 Å². The van der Waals surface area contributed by atoms with Gasteiger partial charge in [0.05, 0.1) is 0 Å². The third-order valence-electron chi connectivity index (χ3n) is 10.5. The van der Waals surface area contributed by atoms with Crippen LogP contribution in [0.1, 0.15) is 0 Å². The van der Waals surface area contributed by atoms with Crippen molar-refractivity contribution < 1.29 is 4.42 Å². The van der Waals surface area contributed by atoms with Crippen molar-refractivity contribution in [1.82, 2.24) is 0 Å². The molecule has 10 aromatic rings. The summed E-state index contributed by atoms with van der Waals surface area (Å²) in [7, 11) is 0. The number of nitrogens with zero attached hydrogens (tertiary/aromatic N) is 1. The first-order valence-electron chi connectivity index (χ1n) is 18.4. The molecule has 9 aromatic carbocycles. The van der Waals surface area contributed by atoms with Crippen LogP contribution in [0.3, 0.4) is 0 Å². The molecule has 0 aliphatic heterocycles. The number of para-hydroxylation sites is 1. The first kappa shape index (κ1) is 31.6. The third kappa shape index (κ3) is 5.90. The van der Waals surface area contributed by atoms with E-state index in [-0.39, 0.29) is 0 Å². The number of hydrogen-bond acceptors (Lipinski definition) is 2. The van der Waals surface area contributed by atoms with Gasteiger partial charge in [0.1, 0.15) is 11.2 Å². The summed E-state index contributed by atoms with van der Waals surface area (Å²) in [5.74, 6) is 0. The molecule has 2 heteroatoms. The smallest absolute Gasteiger partial charge is 0.137 e. The Morgan fingerprint density at radius 3 is 1.43 bits per heavy atom. The quantitative estimate of drug-likeness (QED) is 0.166. The summed E-state index contributed by atoms with van der Waals surface area (Å²) in [4.78, 5) is 2.31. The highest BCUT2D eigenvalue weighted by atomic mass is 16.3. The van der Waals surface area contributed by atoms with Crippen molar-refractivity contribution in [3.63, 3.8) is 0 Å². The van der Waals surface area contributed by atoms with Crippen molar-refractivity contribution in [2.24, 2.45) is 0 Å². The van der Waals surface area contributed by atoms with Crippen LogP contribution in [0.25, 0.3) is 77.2 Å². The zero-order valence-electron chi connectivity index (χ0n) is 29.6. The molecular weight excluding hydrogens is 655 g/mol. The van der Waals surface area contributed by atoms with Gasteiger partial charge in [0.2, 0.25) is 0 Å². The predicted molar refractivity (Wildman–Crippen MR) is 228 cm³/mol. The SMILES string of the molecule is c1ccc(-c2ccc(-c3ccc(N(c4ccc(-c5cccc(-c6ccc7ccccc7c6)c5)cc4)c4ccc5c(c4)oc4ccccc45)cc3)cc2)cc1. The molecule has 0 radical (unpaired) electrons. The minimum atomic E-state index is 0.871. The largest absolute Gasteiger partial charge is 0.456 e. The molecule has 0 aliphatic carbocycles. The maximum atomic E-state index is 6.36. The van der Waals surface area contributed by atoms with Crippen molar-refractivity contribution in [1.29, 1.82) is 0 Å². The summed E-state index contributed by atoms with van der Waals surface area (Å²) in [5, 5.41) is 4.75. The molecule has 0 amide bonds. The molecule has 1 heterocycles. The maximum Gasteiger partial charge on any atom is 0.137 e. The summed E-state index contributed by atoms with van der Waals surface area (Å²) in [5.41, 5.74) is 14.5. The number of rotatable bonds is 7. The Morgan fingerprint density at radius 2 is 0.722 bits per heavy atom. The van der Waals surface area contributed by atoms with Crippen LogP contribution in [-0.2, 0) is 0 Å². The highest BCUT2D eigenvalue weighted by Crippen LogP contribution is 2.40. The van der Waals surface area contributed by atoms with Crippen LogP contribution in [0.4, 0.5) is 17.1 Å². The van der Waals surface area contributed by atoms with Gasteiger partial charge >= 0.3 is 0 Å². The number of benzene rings is 9. The van der Waals surface area contributed by atoms with E-state index in [2.05, 4.69) is 205 Å². The molecule has 0 spiro atoms. The van der Waals surface area contributed by atoms with Gasteiger partial charge in [-0.25, -0.2) is 0 Å². The monoisotopic (exact) mass is 689 g/mol. The Morgan fingerprint density at radius 1 is 0.259 bits per heavy atom. The van der Waals surface area contributed by atoms with Crippen molar-refractivity contribution in [3.05, 3.63) is 212 Å². The van der Waals surface area contributed by atoms with Gasteiger partial charge < -0.3 is 9.32 Å². The van der Waals surface area contributed by atoms with E-state index in [4.69, 9.17) is 4.42 Å². The van der Waals surface area contributed by atoms with E-state index in [0.29, 0.717) is 0 Å². The lowest BCUT2D eigenvalue weighted by molar-refractivity contribution is 0.669. The van der Waals surface area contributed by atoms with Crippen LogP contribution in [-0.4, -0.2) is 0 Å². The number of furan rings is 1. The van der Waals surface area contributed by atoms with Crippen LogP contribution < -0.4 is 4.90 Å². The van der Waals surface area contributed by atoms with Crippen LogP contribution in [0, 0.1) is 0 Å². The molecule has 0 saturated heterocycles. The average molecular weight is 690 g/mol. The molecule has 0 aliphatic rings. The van der Waals surface area contributed by atoms with Crippen molar-refractivity contribution in [2.45, 2.75) is 0 Å². The molecule has 0 fully saturated rings. The van der Waals surface area contributed by atoms with Gasteiger partial charge in [0.15, 0.2) is 0 Å². The molecule has 254 valence electrons. The molecule has 0 unspecified atom stereocenters. The Balaban J connectivity index is 1.00. The molecule has 0 N–H and O–H groups in total. The topological polar surface area (TPSA) is 16.4 Å². The van der Waals surface area contributed by atoms with Gasteiger partial charge in [-0.15, -0.1) is 0 Å². The van der Waals surface area contributed by atoms with Gasteiger partial charge in [-0.3, -0.25) is 0 Å². The van der Waals surface area contributed by atoms with E-state index in [9.17, 15) is 0 Å². The first-order valence-corrected chi connectivity index (χ1v) is 18.4. The molecule has 10 rings (SSSR count). The second-order valence-electron chi connectivity index (χ2n) is 13.8. The summed E-state index contributed by atoms with van der Waals surface area (Å²) in [6.45, 7) is 0. The molecule has 1 aromatic heterocycles. The average Bonchev–Trinajstić information content (AvgIpc) is 3.63. The van der Waals surface area contributed by atoms with E-state index in [1.807, 2.05) is 12.1 Å². The fourth-order valence-electron chi connectivity index (χ4n) is 7.64. The van der Waals surface area contributed by atoms with Crippen LogP contribution in [0.5, 0.6) is 0 Å². The Hall–Kier alpha value is -7.16. The first-order chi connectivity index (χ1) is 26.7. The molecule has 2 nitrogen and oxygen atoms in total. The Kier molecular flexibility index (Phi) is 7.85. The van der Waals surface area contributed by atoms with Gasteiger partial charge in [-0.2, -0.15) is 0 Å². The number of anilines is 3. The molecule has 0 saturated carbocycles. The second-order valence-corrected chi connectivity index (χ2v) is 13.8. The van der Waals surface area contributed by atoms with Gasteiger partial charge in [-0.1, -0.05) is 152 Å². The van der Waals surface area contributed by atoms with E-state index in [1.165, 1.54) is 55.3 Å². The number of hydrogen-bond donors (Lipinski definition) is 0. The van der Waals surface area contributed by atoms with E-state index < -0.39 is 0 Å². The Bertz CT molecular complexity index is 2900. The normalized spacial score (nSPS) is 11.3. The second kappa shape index (κ2) is 13.4. The maximum absolute atomic E-state index is 6.36. The van der Waals surface area contributed by atoms with Crippen LogP contribution >= 0.6 is 0 Å². The zero-order valence-corrected chi connectivity index (χ0v) is 29.6. The minimum absolute atomic E-state index is 0.871. The molecule has 0 atom stereocenters. The zero-order chi connectivity index (χ0) is 35.8. The summed E-state index contributed by atoms with van der Waals surface area (Å²) in [6, 6.07) is 75.9. The Labute approximate surface area is 314 Å². The minimum Gasteiger partial charge on any atom is -0.456 e. The highest BCUT2D eigenvalue weighted by Gasteiger charge is 2.16. The molecule has 54 heavy (non-hydrogen) atoms. The number of fused-ring (bicyclic) bond motifs is 4. The highest BCUT2D eigenvalue weighted by molar-refractivity contribution is 6.06. The summed E-state index contributed by atoms with van der Waals surface area (Å²) >= 11 is 0. The van der Waals surface area contributed by atoms with Crippen molar-refractivity contribution in [3.8, 4) is 44.5 Å². The fourth-order valence-corrected chi connectivity index (χ4v) is 7.64. The standard InChI is InChI=1S/C52H35NO/c1-2-9-36(10-3-1)38-17-19-39(20-18-38)40-23-27-46(28-24-40)53(48-31-32-50-49-15-6-7-16-51(49)54-52(50)35-48)47-29-25-41(26-30-47)43-13-8-14-44(33-43)45-22-21-37-11-4-5-12-42(37)34-45/h1-35H. The van der Waals surface area contributed by atoms with Gasteiger partial charge in [0.25, 0.3) is 0 Å². The van der Waals surface area contributed by atoms with Crippen LogP contribution in [0.15, 0.2) is 217 Å². The summed E-state index contributed by atoms with van der Waals surface area (Å²) in [6.07, 6.45) is 0.